The molecule has 1 amide bonds. The van der Waals surface area contributed by atoms with E-state index >= 15 is 0 Å². The number of piperidine rings is 1. The second-order valence-electron chi connectivity index (χ2n) is 4.80. The zero-order valence-corrected chi connectivity index (χ0v) is 10.6. The summed E-state index contributed by atoms with van der Waals surface area (Å²) in [6.45, 7) is 3.09. The average molecular weight is 236 g/mol. The van der Waals surface area contributed by atoms with E-state index in [1.54, 1.807) is 20.2 Å². The van der Waals surface area contributed by atoms with E-state index < -0.39 is 0 Å². The molecular weight excluding hydrogens is 216 g/mol. The first-order valence-electron chi connectivity index (χ1n) is 6.19. The molecule has 17 heavy (non-hydrogen) atoms. The molecule has 0 radical (unpaired) electrons. The second-order valence-corrected chi connectivity index (χ2v) is 4.80. The van der Waals surface area contributed by atoms with Crippen molar-refractivity contribution in [3.8, 4) is 0 Å². The molecule has 0 saturated carbocycles. The van der Waals surface area contributed by atoms with Gasteiger partial charge in [-0.25, -0.2) is 0 Å². The first-order chi connectivity index (χ1) is 8.16. The van der Waals surface area contributed by atoms with E-state index in [1.807, 2.05) is 6.07 Å². The summed E-state index contributed by atoms with van der Waals surface area (Å²) in [4.78, 5) is 15.6. The van der Waals surface area contributed by atoms with E-state index in [4.69, 9.17) is 4.42 Å². The second kappa shape index (κ2) is 5.36. The van der Waals surface area contributed by atoms with E-state index in [0.29, 0.717) is 5.76 Å². The van der Waals surface area contributed by atoms with Gasteiger partial charge in [-0.2, -0.15) is 0 Å². The molecule has 4 heteroatoms. The average Bonchev–Trinajstić information content (AvgIpc) is 2.77. The number of carbonyl (C=O) groups is 1. The minimum atomic E-state index is -0.0742. The molecule has 4 nitrogen and oxygen atoms in total. The summed E-state index contributed by atoms with van der Waals surface area (Å²) < 4.78 is 5.58. The van der Waals surface area contributed by atoms with Gasteiger partial charge in [0.25, 0.3) is 5.91 Å². The molecule has 94 valence electrons. The summed E-state index contributed by atoms with van der Waals surface area (Å²) in [5, 5.41) is 0. The lowest BCUT2D eigenvalue weighted by Crippen LogP contribution is -2.28. The molecule has 0 unspecified atom stereocenters. The molecule has 0 aromatic carbocycles. The Kier molecular flexibility index (Phi) is 3.84. The molecule has 2 rings (SSSR count). The predicted molar refractivity (Wildman–Crippen MR) is 65.9 cm³/mol. The number of likely N-dealkylation sites (tertiary alicyclic amines) is 1. The summed E-state index contributed by atoms with van der Waals surface area (Å²) in [6.07, 6.45) is 3.87. The normalized spacial score (nSPS) is 17.1. The van der Waals surface area contributed by atoms with Gasteiger partial charge in [-0.05, 0) is 38.1 Å². The number of furan rings is 1. The first-order valence-corrected chi connectivity index (χ1v) is 6.19. The Bertz CT molecular complexity index is 379. The highest BCUT2D eigenvalue weighted by molar-refractivity contribution is 5.91. The highest BCUT2D eigenvalue weighted by Crippen LogP contribution is 2.15. The Morgan fingerprint density at radius 1 is 1.29 bits per heavy atom. The molecule has 0 aliphatic carbocycles. The first kappa shape index (κ1) is 12.2. The molecule has 2 heterocycles. The van der Waals surface area contributed by atoms with E-state index in [2.05, 4.69) is 4.90 Å². The fraction of sp³-hybridized carbons (Fsp3) is 0.615. The predicted octanol–water partition coefficient (Wildman–Crippen LogP) is 1.97. The van der Waals surface area contributed by atoms with Crippen LogP contribution in [0.5, 0.6) is 0 Å². The van der Waals surface area contributed by atoms with Crippen LogP contribution in [0.1, 0.15) is 35.6 Å². The van der Waals surface area contributed by atoms with Crippen LogP contribution in [0.25, 0.3) is 0 Å². The molecule has 1 saturated heterocycles. The third kappa shape index (κ3) is 3.09. The standard InChI is InChI=1S/C13H20N2O2/c1-14(2)13(16)12-7-6-11(17-12)10-15-8-4-3-5-9-15/h6-7H,3-5,8-10H2,1-2H3. The third-order valence-electron chi connectivity index (χ3n) is 3.11. The molecular formula is C13H20N2O2. The van der Waals surface area contributed by atoms with Crippen molar-refractivity contribution in [2.45, 2.75) is 25.8 Å². The van der Waals surface area contributed by atoms with Crippen molar-refractivity contribution in [3.05, 3.63) is 23.7 Å². The number of hydrogen-bond donors (Lipinski definition) is 0. The van der Waals surface area contributed by atoms with Crippen LogP contribution in [0, 0.1) is 0 Å². The quantitative estimate of drug-likeness (QED) is 0.805. The van der Waals surface area contributed by atoms with Crippen molar-refractivity contribution in [2.75, 3.05) is 27.2 Å². The van der Waals surface area contributed by atoms with E-state index in [-0.39, 0.29) is 5.91 Å². The van der Waals surface area contributed by atoms with Crippen LogP contribution in [0.3, 0.4) is 0 Å². The molecule has 1 fully saturated rings. The molecule has 0 bridgehead atoms. The van der Waals surface area contributed by atoms with E-state index in [1.165, 1.54) is 24.2 Å². The van der Waals surface area contributed by atoms with Crippen LogP contribution in [0.4, 0.5) is 0 Å². The van der Waals surface area contributed by atoms with Gasteiger partial charge in [0.05, 0.1) is 6.54 Å². The maximum absolute atomic E-state index is 11.7. The zero-order chi connectivity index (χ0) is 12.3. The lowest BCUT2D eigenvalue weighted by molar-refractivity contribution is 0.0792. The van der Waals surface area contributed by atoms with Crippen LogP contribution in [0.2, 0.25) is 0 Å². The van der Waals surface area contributed by atoms with Gasteiger partial charge < -0.3 is 9.32 Å². The van der Waals surface area contributed by atoms with Gasteiger partial charge in [0.2, 0.25) is 0 Å². The molecule has 1 aromatic heterocycles. The lowest BCUT2D eigenvalue weighted by Gasteiger charge is -2.25. The van der Waals surface area contributed by atoms with Gasteiger partial charge in [-0.1, -0.05) is 6.42 Å². The summed E-state index contributed by atoms with van der Waals surface area (Å²) in [6, 6.07) is 3.67. The maximum Gasteiger partial charge on any atom is 0.289 e. The maximum atomic E-state index is 11.7. The summed E-state index contributed by atoms with van der Waals surface area (Å²) in [5.41, 5.74) is 0. The summed E-state index contributed by atoms with van der Waals surface area (Å²) in [7, 11) is 3.46. The van der Waals surface area contributed by atoms with Gasteiger partial charge in [0, 0.05) is 14.1 Å². The summed E-state index contributed by atoms with van der Waals surface area (Å²) >= 11 is 0. The Labute approximate surface area is 102 Å². The number of nitrogens with zero attached hydrogens (tertiary/aromatic N) is 2. The van der Waals surface area contributed by atoms with Gasteiger partial charge in [-0.3, -0.25) is 9.69 Å². The fourth-order valence-electron chi connectivity index (χ4n) is 2.14. The molecule has 0 spiro atoms. The Morgan fingerprint density at radius 3 is 2.65 bits per heavy atom. The molecule has 0 N–H and O–H groups in total. The number of amides is 1. The molecule has 1 aliphatic rings. The highest BCUT2D eigenvalue weighted by Gasteiger charge is 2.16. The summed E-state index contributed by atoms with van der Waals surface area (Å²) in [5.74, 6) is 1.24. The Hall–Kier alpha value is -1.29. The Morgan fingerprint density at radius 2 is 2.00 bits per heavy atom. The van der Waals surface area contributed by atoms with Crippen LogP contribution in [-0.2, 0) is 6.54 Å². The van der Waals surface area contributed by atoms with E-state index in [0.717, 1.165) is 25.4 Å². The van der Waals surface area contributed by atoms with Gasteiger partial charge in [0.1, 0.15) is 5.76 Å². The zero-order valence-electron chi connectivity index (χ0n) is 10.6. The van der Waals surface area contributed by atoms with Crippen LogP contribution < -0.4 is 0 Å². The largest absolute Gasteiger partial charge is 0.455 e. The minimum Gasteiger partial charge on any atom is -0.455 e. The lowest BCUT2D eigenvalue weighted by atomic mass is 10.1. The van der Waals surface area contributed by atoms with Crippen molar-refractivity contribution in [3.63, 3.8) is 0 Å². The van der Waals surface area contributed by atoms with Crippen LogP contribution in [-0.4, -0.2) is 42.9 Å². The smallest absolute Gasteiger partial charge is 0.289 e. The molecule has 0 atom stereocenters. The van der Waals surface area contributed by atoms with Gasteiger partial charge in [-0.15, -0.1) is 0 Å². The minimum absolute atomic E-state index is 0.0742. The van der Waals surface area contributed by atoms with Gasteiger partial charge >= 0.3 is 0 Å². The van der Waals surface area contributed by atoms with Gasteiger partial charge in [0.15, 0.2) is 5.76 Å². The number of carbonyl (C=O) groups excluding carboxylic acids is 1. The van der Waals surface area contributed by atoms with E-state index in [9.17, 15) is 4.79 Å². The topological polar surface area (TPSA) is 36.7 Å². The SMILES string of the molecule is CN(C)C(=O)c1ccc(CN2CCCCC2)o1. The van der Waals surface area contributed by atoms with Crippen molar-refractivity contribution >= 4 is 5.91 Å². The van der Waals surface area contributed by atoms with Crippen molar-refractivity contribution in [1.29, 1.82) is 0 Å². The Balaban J connectivity index is 1.95. The van der Waals surface area contributed by atoms with Crippen molar-refractivity contribution < 1.29 is 9.21 Å². The highest BCUT2D eigenvalue weighted by atomic mass is 16.4. The van der Waals surface area contributed by atoms with Crippen molar-refractivity contribution in [1.82, 2.24) is 9.80 Å². The number of hydrogen-bond acceptors (Lipinski definition) is 3. The third-order valence-corrected chi connectivity index (χ3v) is 3.11. The molecule has 1 aliphatic heterocycles. The number of rotatable bonds is 3. The van der Waals surface area contributed by atoms with Crippen molar-refractivity contribution in [2.24, 2.45) is 0 Å². The fourth-order valence-corrected chi connectivity index (χ4v) is 2.14. The monoisotopic (exact) mass is 236 g/mol. The van der Waals surface area contributed by atoms with Crippen LogP contribution >= 0.6 is 0 Å². The molecule has 1 aromatic rings. The van der Waals surface area contributed by atoms with Crippen LogP contribution in [0.15, 0.2) is 16.5 Å².